The van der Waals surface area contributed by atoms with Gasteiger partial charge < -0.3 is 14.8 Å². The van der Waals surface area contributed by atoms with Gasteiger partial charge in [0.25, 0.3) is 5.91 Å². The number of nitrogens with one attached hydrogen (secondary N) is 1. The summed E-state index contributed by atoms with van der Waals surface area (Å²) in [5, 5.41) is 2.65. The third-order valence-electron chi connectivity index (χ3n) is 4.30. The van der Waals surface area contributed by atoms with E-state index in [-0.39, 0.29) is 18.2 Å². The molecular formula is C17H26N2O5S. The van der Waals surface area contributed by atoms with E-state index in [1.54, 1.807) is 18.2 Å². The molecule has 1 aromatic carbocycles. The van der Waals surface area contributed by atoms with E-state index in [1.165, 1.54) is 18.5 Å². The average Bonchev–Trinajstić information content (AvgIpc) is 2.60. The number of rotatable bonds is 7. The second-order valence-corrected chi connectivity index (χ2v) is 8.34. The lowest BCUT2D eigenvalue weighted by atomic mass is 10.0. The predicted molar refractivity (Wildman–Crippen MR) is 95.6 cm³/mol. The number of hydrogen-bond donors (Lipinski definition) is 1. The predicted octanol–water partition coefficient (Wildman–Crippen LogP) is 1.50. The minimum Gasteiger partial charge on any atom is -0.493 e. The van der Waals surface area contributed by atoms with Gasteiger partial charge in [-0.05, 0) is 37.0 Å². The Morgan fingerprint density at radius 2 is 2.00 bits per heavy atom. The smallest absolute Gasteiger partial charge is 0.251 e. The van der Waals surface area contributed by atoms with Crippen molar-refractivity contribution in [3.63, 3.8) is 0 Å². The van der Waals surface area contributed by atoms with Crippen molar-refractivity contribution in [2.45, 2.75) is 19.8 Å². The van der Waals surface area contributed by atoms with Crippen LogP contribution in [-0.4, -0.2) is 58.2 Å². The molecule has 0 spiro atoms. The Kier molecular flexibility index (Phi) is 6.66. The number of ether oxygens (including phenoxy) is 2. The van der Waals surface area contributed by atoms with Crippen molar-refractivity contribution < 1.29 is 22.7 Å². The van der Waals surface area contributed by atoms with Crippen LogP contribution in [0.3, 0.4) is 0 Å². The average molecular weight is 370 g/mol. The second-order valence-electron chi connectivity index (χ2n) is 6.25. The van der Waals surface area contributed by atoms with Crippen LogP contribution in [0.5, 0.6) is 11.5 Å². The van der Waals surface area contributed by atoms with E-state index in [1.807, 2.05) is 0 Å². The van der Waals surface area contributed by atoms with E-state index in [0.717, 1.165) is 12.8 Å². The van der Waals surface area contributed by atoms with Gasteiger partial charge in [-0.15, -0.1) is 0 Å². The highest BCUT2D eigenvalue weighted by atomic mass is 32.2. The fourth-order valence-corrected chi connectivity index (χ4v) is 4.41. The highest BCUT2D eigenvalue weighted by molar-refractivity contribution is 7.89. The zero-order valence-electron chi connectivity index (χ0n) is 14.9. The lowest BCUT2D eigenvalue weighted by Gasteiger charge is -2.30. The van der Waals surface area contributed by atoms with Crippen molar-refractivity contribution in [1.82, 2.24) is 9.62 Å². The Labute approximate surface area is 149 Å². The van der Waals surface area contributed by atoms with E-state index in [0.29, 0.717) is 36.1 Å². The maximum Gasteiger partial charge on any atom is 0.251 e. The number of amides is 1. The molecule has 1 fully saturated rings. The molecule has 7 nitrogen and oxygen atoms in total. The maximum absolute atomic E-state index is 12.4. The van der Waals surface area contributed by atoms with E-state index in [9.17, 15) is 13.2 Å². The molecule has 0 bridgehead atoms. The largest absolute Gasteiger partial charge is 0.493 e. The Morgan fingerprint density at radius 3 is 2.64 bits per heavy atom. The van der Waals surface area contributed by atoms with Crippen LogP contribution < -0.4 is 14.8 Å². The third kappa shape index (κ3) is 5.09. The summed E-state index contributed by atoms with van der Waals surface area (Å²) < 4.78 is 36.6. The first-order valence-electron chi connectivity index (χ1n) is 8.35. The van der Waals surface area contributed by atoms with Gasteiger partial charge in [0.1, 0.15) is 0 Å². The summed E-state index contributed by atoms with van der Waals surface area (Å²) in [6.45, 7) is 3.25. The minimum absolute atomic E-state index is 0.0698. The number of methoxy groups -OCH3 is 2. The monoisotopic (exact) mass is 370 g/mol. The van der Waals surface area contributed by atoms with Crippen molar-refractivity contribution in [3.05, 3.63) is 23.8 Å². The molecule has 25 heavy (non-hydrogen) atoms. The minimum atomic E-state index is -3.34. The summed E-state index contributed by atoms with van der Waals surface area (Å²) in [5.41, 5.74) is 0.390. The Bertz CT molecular complexity index is 705. The zero-order chi connectivity index (χ0) is 18.4. The van der Waals surface area contributed by atoms with Crippen molar-refractivity contribution in [2.75, 3.05) is 39.6 Å². The van der Waals surface area contributed by atoms with Crippen LogP contribution in [0.15, 0.2) is 18.2 Å². The van der Waals surface area contributed by atoms with Gasteiger partial charge in [0, 0.05) is 25.2 Å². The SMILES string of the molecule is COc1ccc(C(=O)NCCS(=O)(=O)N2CCC[C@H](C)C2)cc1OC. The Hall–Kier alpha value is -1.80. The summed E-state index contributed by atoms with van der Waals surface area (Å²) in [6.07, 6.45) is 1.94. The first kappa shape index (κ1) is 19.5. The van der Waals surface area contributed by atoms with Gasteiger partial charge in [-0.1, -0.05) is 6.92 Å². The van der Waals surface area contributed by atoms with Crippen molar-refractivity contribution >= 4 is 15.9 Å². The van der Waals surface area contributed by atoms with Crippen LogP contribution in [0.25, 0.3) is 0 Å². The van der Waals surface area contributed by atoms with Crippen LogP contribution >= 0.6 is 0 Å². The standard InChI is InChI=1S/C17H26N2O5S/c1-13-5-4-9-19(12-13)25(21,22)10-8-18-17(20)14-6-7-15(23-2)16(11-14)24-3/h6-7,11,13H,4-5,8-10,12H2,1-3H3,(H,18,20)/t13-/m0/s1. The fourth-order valence-electron chi connectivity index (χ4n) is 2.90. The number of sulfonamides is 1. The molecule has 140 valence electrons. The zero-order valence-corrected chi connectivity index (χ0v) is 15.8. The molecule has 1 N–H and O–H groups in total. The molecule has 1 aliphatic rings. The molecule has 1 amide bonds. The van der Waals surface area contributed by atoms with Crippen molar-refractivity contribution in [1.29, 1.82) is 0 Å². The number of hydrogen-bond acceptors (Lipinski definition) is 5. The van der Waals surface area contributed by atoms with Gasteiger partial charge in [-0.25, -0.2) is 12.7 Å². The quantitative estimate of drug-likeness (QED) is 0.786. The highest BCUT2D eigenvalue weighted by Crippen LogP contribution is 2.27. The van der Waals surface area contributed by atoms with Crippen LogP contribution in [0, 0.1) is 5.92 Å². The van der Waals surface area contributed by atoms with Gasteiger partial charge in [0.15, 0.2) is 11.5 Å². The Balaban J connectivity index is 1.91. The summed E-state index contributed by atoms with van der Waals surface area (Å²) >= 11 is 0. The van der Waals surface area contributed by atoms with Crippen LogP contribution in [0.2, 0.25) is 0 Å². The molecular weight excluding hydrogens is 344 g/mol. The lowest BCUT2D eigenvalue weighted by Crippen LogP contribution is -2.42. The number of carbonyl (C=O) groups excluding carboxylic acids is 1. The molecule has 0 radical (unpaired) electrons. The van der Waals surface area contributed by atoms with E-state index < -0.39 is 10.0 Å². The van der Waals surface area contributed by atoms with E-state index >= 15 is 0 Å². The van der Waals surface area contributed by atoms with Gasteiger partial charge in [0.05, 0.1) is 20.0 Å². The molecule has 0 aromatic heterocycles. The number of nitrogens with zero attached hydrogens (tertiary/aromatic N) is 1. The van der Waals surface area contributed by atoms with Gasteiger partial charge >= 0.3 is 0 Å². The van der Waals surface area contributed by atoms with Crippen molar-refractivity contribution in [2.24, 2.45) is 5.92 Å². The second kappa shape index (κ2) is 8.53. The first-order chi connectivity index (χ1) is 11.9. The van der Waals surface area contributed by atoms with Crippen LogP contribution in [0.1, 0.15) is 30.1 Å². The van der Waals surface area contributed by atoms with Crippen LogP contribution in [0.4, 0.5) is 0 Å². The molecule has 1 aromatic rings. The summed E-state index contributed by atoms with van der Waals surface area (Å²) in [4.78, 5) is 12.2. The molecule has 1 aliphatic heterocycles. The molecule has 2 rings (SSSR count). The van der Waals surface area contributed by atoms with Gasteiger partial charge in [0.2, 0.25) is 10.0 Å². The Morgan fingerprint density at radius 1 is 1.28 bits per heavy atom. The van der Waals surface area contributed by atoms with Crippen LogP contribution in [-0.2, 0) is 10.0 Å². The topological polar surface area (TPSA) is 84.9 Å². The molecule has 0 unspecified atom stereocenters. The fraction of sp³-hybridized carbons (Fsp3) is 0.588. The molecule has 8 heteroatoms. The molecule has 0 aliphatic carbocycles. The number of benzene rings is 1. The third-order valence-corrected chi connectivity index (χ3v) is 6.14. The van der Waals surface area contributed by atoms with Crippen molar-refractivity contribution in [3.8, 4) is 11.5 Å². The number of carbonyl (C=O) groups is 1. The lowest BCUT2D eigenvalue weighted by molar-refractivity contribution is 0.0955. The molecule has 1 heterocycles. The summed E-state index contributed by atoms with van der Waals surface area (Å²) in [5.74, 6) is 0.914. The highest BCUT2D eigenvalue weighted by Gasteiger charge is 2.26. The maximum atomic E-state index is 12.4. The first-order valence-corrected chi connectivity index (χ1v) is 9.96. The number of piperidine rings is 1. The summed E-state index contributed by atoms with van der Waals surface area (Å²) in [7, 11) is -0.334. The normalized spacial score (nSPS) is 18.6. The summed E-state index contributed by atoms with van der Waals surface area (Å²) in [6, 6.07) is 4.81. The molecule has 1 saturated heterocycles. The van der Waals surface area contributed by atoms with E-state index in [4.69, 9.17) is 9.47 Å². The van der Waals surface area contributed by atoms with Gasteiger partial charge in [-0.2, -0.15) is 0 Å². The molecule has 1 atom stereocenters. The molecule has 0 saturated carbocycles. The van der Waals surface area contributed by atoms with Gasteiger partial charge in [-0.3, -0.25) is 4.79 Å². The van der Waals surface area contributed by atoms with E-state index in [2.05, 4.69) is 12.2 Å².